The van der Waals surface area contributed by atoms with Crippen LogP contribution < -0.4 is 10.8 Å². The Kier molecular flexibility index (Phi) is 2.82. The summed E-state index contributed by atoms with van der Waals surface area (Å²) >= 11 is 0. The molecule has 12 heavy (non-hydrogen) atoms. The molecule has 0 unspecified atom stereocenters. The second kappa shape index (κ2) is 3.88. The van der Waals surface area contributed by atoms with Gasteiger partial charge in [0, 0.05) is 0 Å². The molecule has 0 aliphatic carbocycles. The predicted molar refractivity (Wildman–Crippen MR) is 43.5 cm³/mol. The molecule has 64 valence electrons. The summed E-state index contributed by atoms with van der Waals surface area (Å²) in [5.41, 5.74) is 6.58. The Morgan fingerprint density at radius 1 is 1.33 bits per heavy atom. The molecule has 3 heteroatoms. The number of carboxylic acid groups (broad SMARTS) is 1. The molecule has 0 aliphatic rings. The summed E-state index contributed by atoms with van der Waals surface area (Å²) in [4.78, 5) is 10.3. The molecule has 1 rings (SSSR count). The van der Waals surface area contributed by atoms with Crippen LogP contribution >= 0.6 is 0 Å². The minimum Gasteiger partial charge on any atom is -0.545 e. The lowest BCUT2D eigenvalue weighted by atomic mass is 10.1. The Morgan fingerprint density at radius 3 is 2.33 bits per heavy atom. The van der Waals surface area contributed by atoms with Crippen molar-refractivity contribution in [1.29, 1.82) is 0 Å². The maximum Gasteiger partial charge on any atom is 0.0715 e. The van der Waals surface area contributed by atoms with Gasteiger partial charge in [-0.2, -0.15) is 0 Å². The molecule has 0 aromatic heterocycles. The van der Waals surface area contributed by atoms with Crippen LogP contribution in [0.3, 0.4) is 0 Å². The predicted octanol–water partition coefficient (Wildman–Crippen LogP) is -0.449. The summed E-state index contributed by atoms with van der Waals surface area (Å²) in [5.74, 6) is -1.14. The fraction of sp³-hybridized carbons (Fsp3) is 0.222. The van der Waals surface area contributed by atoms with Crippen LogP contribution in [0.25, 0.3) is 0 Å². The first-order chi connectivity index (χ1) is 5.74. The standard InChI is InChI=1S/C9H11NO2/c10-6-5-7-1-3-8(4-2-7)9(11)12/h1-4H,5-6,10H2,(H,11,12)/p-1. The third kappa shape index (κ3) is 2.07. The molecule has 1 aromatic rings. The van der Waals surface area contributed by atoms with Crippen molar-refractivity contribution in [2.45, 2.75) is 6.42 Å². The number of rotatable bonds is 3. The van der Waals surface area contributed by atoms with E-state index in [1.54, 1.807) is 12.1 Å². The average molecular weight is 164 g/mol. The van der Waals surface area contributed by atoms with Gasteiger partial charge in [-0.05, 0) is 24.1 Å². The van der Waals surface area contributed by atoms with Crippen LogP contribution in [0.5, 0.6) is 0 Å². The van der Waals surface area contributed by atoms with Crippen LogP contribution in [0, 0.1) is 0 Å². The highest BCUT2D eigenvalue weighted by Crippen LogP contribution is 2.03. The van der Waals surface area contributed by atoms with Crippen molar-refractivity contribution in [3.8, 4) is 0 Å². The highest BCUT2D eigenvalue weighted by molar-refractivity contribution is 5.85. The molecule has 0 atom stereocenters. The van der Waals surface area contributed by atoms with Crippen molar-refractivity contribution in [3.63, 3.8) is 0 Å². The van der Waals surface area contributed by atoms with Crippen LogP contribution in [0.1, 0.15) is 15.9 Å². The van der Waals surface area contributed by atoms with Gasteiger partial charge in [0.15, 0.2) is 0 Å². The fourth-order valence-electron chi connectivity index (χ4n) is 0.974. The van der Waals surface area contributed by atoms with E-state index in [0.717, 1.165) is 12.0 Å². The summed E-state index contributed by atoms with van der Waals surface area (Å²) in [6, 6.07) is 6.55. The Labute approximate surface area is 70.8 Å². The summed E-state index contributed by atoms with van der Waals surface area (Å²) < 4.78 is 0. The molecule has 0 saturated heterocycles. The molecule has 0 saturated carbocycles. The molecule has 2 N–H and O–H groups in total. The molecule has 0 spiro atoms. The van der Waals surface area contributed by atoms with Gasteiger partial charge in [0.05, 0.1) is 5.97 Å². The van der Waals surface area contributed by atoms with Crippen molar-refractivity contribution in [2.75, 3.05) is 6.54 Å². The molecule has 0 aliphatic heterocycles. The first-order valence-electron chi connectivity index (χ1n) is 3.74. The van der Waals surface area contributed by atoms with Gasteiger partial charge in [-0.1, -0.05) is 24.3 Å². The molecule has 0 bridgehead atoms. The largest absolute Gasteiger partial charge is 0.545 e. The zero-order chi connectivity index (χ0) is 8.97. The molecule has 3 nitrogen and oxygen atoms in total. The van der Waals surface area contributed by atoms with Gasteiger partial charge in [0.25, 0.3) is 0 Å². The monoisotopic (exact) mass is 164 g/mol. The third-order valence-electron chi connectivity index (χ3n) is 1.62. The number of benzene rings is 1. The lowest BCUT2D eigenvalue weighted by Gasteiger charge is -2.02. The highest BCUT2D eigenvalue weighted by atomic mass is 16.4. The van der Waals surface area contributed by atoms with Crippen molar-refractivity contribution in [3.05, 3.63) is 35.4 Å². The Morgan fingerprint density at radius 2 is 1.92 bits per heavy atom. The van der Waals surface area contributed by atoms with Gasteiger partial charge < -0.3 is 15.6 Å². The van der Waals surface area contributed by atoms with Crippen molar-refractivity contribution < 1.29 is 9.90 Å². The van der Waals surface area contributed by atoms with E-state index in [4.69, 9.17) is 5.73 Å². The lowest BCUT2D eigenvalue weighted by molar-refractivity contribution is -0.255. The van der Waals surface area contributed by atoms with Crippen molar-refractivity contribution >= 4 is 5.97 Å². The molecule has 0 amide bonds. The second-order valence-corrected chi connectivity index (χ2v) is 2.52. The number of hydrogen-bond donors (Lipinski definition) is 1. The van der Waals surface area contributed by atoms with Gasteiger partial charge in [0.2, 0.25) is 0 Å². The number of carbonyl (C=O) groups excluding carboxylic acids is 1. The van der Waals surface area contributed by atoms with E-state index >= 15 is 0 Å². The van der Waals surface area contributed by atoms with E-state index in [1.807, 2.05) is 0 Å². The minimum absolute atomic E-state index is 0.204. The van der Waals surface area contributed by atoms with E-state index in [1.165, 1.54) is 12.1 Å². The van der Waals surface area contributed by atoms with Crippen molar-refractivity contribution in [2.24, 2.45) is 5.73 Å². The second-order valence-electron chi connectivity index (χ2n) is 2.52. The van der Waals surface area contributed by atoms with Crippen molar-refractivity contribution in [1.82, 2.24) is 0 Å². The van der Waals surface area contributed by atoms with Gasteiger partial charge in [-0.15, -0.1) is 0 Å². The third-order valence-corrected chi connectivity index (χ3v) is 1.62. The van der Waals surface area contributed by atoms with Gasteiger partial charge >= 0.3 is 0 Å². The molecule has 0 radical (unpaired) electrons. The fourth-order valence-corrected chi connectivity index (χ4v) is 0.974. The first kappa shape index (κ1) is 8.74. The van der Waals surface area contributed by atoms with E-state index in [2.05, 4.69) is 0 Å². The molecule has 0 heterocycles. The molecule has 1 aromatic carbocycles. The number of carboxylic acids is 1. The number of aromatic carboxylic acids is 1. The van der Waals surface area contributed by atoms with Crippen LogP contribution in [0.15, 0.2) is 24.3 Å². The van der Waals surface area contributed by atoms with Gasteiger partial charge in [-0.25, -0.2) is 0 Å². The van der Waals surface area contributed by atoms with Crippen LogP contribution in [0.4, 0.5) is 0 Å². The van der Waals surface area contributed by atoms with Crippen LogP contribution in [-0.4, -0.2) is 12.5 Å². The first-order valence-corrected chi connectivity index (χ1v) is 3.74. The van der Waals surface area contributed by atoms with Gasteiger partial charge in [-0.3, -0.25) is 0 Å². The molecule has 0 fully saturated rings. The lowest BCUT2D eigenvalue weighted by Crippen LogP contribution is -2.22. The summed E-state index contributed by atoms with van der Waals surface area (Å²) in [5, 5.41) is 10.3. The number of nitrogens with two attached hydrogens (primary N) is 1. The van der Waals surface area contributed by atoms with E-state index in [-0.39, 0.29) is 5.56 Å². The zero-order valence-corrected chi connectivity index (χ0v) is 6.62. The maximum absolute atomic E-state index is 10.3. The molecular formula is C9H10NO2-. The Bertz CT molecular complexity index is 266. The number of hydrogen-bond acceptors (Lipinski definition) is 3. The minimum atomic E-state index is -1.14. The average Bonchev–Trinajstić information content (AvgIpc) is 2.06. The summed E-state index contributed by atoms with van der Waals surface area (Å²) in [6.45, 7) is 0.574. The van der Waals surface area contributed by atoms with Gasteiger partial charge in [0.1, 0.15) is 0 Å². The number of carbonyl (C=O) groups is 1. The smallest absolute Gasteiger partial charge is 0.0715 e. The van der Waals surface area contributed by atoms with Crippen LogP contribution in [0.2, 0.25) is 0 Å². The Hall–Kier alpha value is -1.35. The summed E-state index contributed by atoms with van der Waals surface area (Å²) in [7, 11) is 0. The summed E-state index contributed by atoms with van der Waals surface area (Å²) in [6.07, 6.45) is 0.771. The SMILES string of the molecule is NCCc1ccc(C(=O)[O-])cc1. The van der Waals surface area contributed by atoms with E-state index in [0.29, 0.717) is 6.54 Å². The van der Waals surface area contributed by atoms with E-state index < -0.39 is 5.97 Å². The topological polar surface area (TPSA) is 66.2 Å². The normalized spacial score (nSPS) is 9.75. The molecular weight excluding hydrogens is 154 g/mol. The maximum atomic E-state index is 10.3. The Balaban J connectivity index is 2.78. The van der Waals surface area contributed by atoms with E-state index in [9.17, 15) is 9.90 Å². The zero-order valence-electron chi connectivity index (χ0n) is 6.62. The highest BCUT2D eigenvalue weighted by Gasteiger charge is 1.93. The van der Waals surface area contributed by atoms with Crippen LogP contribution in [-0.2, 0) is 6.42 Å². The quantitative estimate of drug-likeness (QED) is 0.658.